The zero-order valence-electron chi connectivity index (χ0n) is 8.23. The van der Waals surface area contributed by atoms with Crippen LogP contribution in [0.25, 0.3) is 0 Å². The topological polar surface area (TPSA) is 92.5 Å². The number of fused-ring (bicyclic) bond motifs is 1. The van der Waals surface area contributed by atoms with Crippen LogP contribution in [0.1, 0.15) is 19.3 Å². The lowest BCUT2D eigenvalue weighted by molar-refractivity contribution is -0.144. The fourth-order valence-electron chi connectivity index (χ4n) is 2.41. The molecule has 2 atom stereocenters. The molecular formula is C9H13N3O3. The van der Waals surface area contributed by atoms with Gasteiger partial charge in [0.15, 0.2) is 0 Å². The van der Waals surface area contributed by atoms with Gasteiger partial charge in [-0.1, -0.05) is 6.42 Å². The molecule has 0 aromatic rings. The number of hydrazine groups is 1. The summed E-state index contributed by atoms with van der Waals surface area (Å²) in [5.74, 6) is 3.57. The van der Waals surface area contributed by atoms with Crippen molar-refractivity contribution >= 4 is 17.7 Å². The van der Waals surface area contributed by atoms with Gasteiger partial charge in [0.25, 0.3) is 5.91 Å². The van der Waals surface area contributed by atoms with E-state index in [9.17, 15) is 14.4 Å². The van der Waals surface area contributed by atoms with Crippen LogP contribution in [-0.4, -0.2) is 29.2 Å². The molecule has 2 aliphatic rings. The first-order valence-electron chi connectivity index (χ1n) is 5.00. The molecule has 15 heavy (non-hydrogen) atoms. The largest absolute Gasteiger partial charge is 0.293 e. The van der Waals surface area contributed by atoms with E-state index in [0.717, 1.165) is 24.2 Å². The van der Waals surface area contributed by atoms with Gasteiger partial charge in [-0.3, -0.25) is 24.7 Å². The van der Waals surface area contributed by atoms with Gasteiger partial charge >= 0.3 is 0 Å². The fourth-order valence-corrected chi connectivity index (χ4v) is 2.41. The Morgan fingerprint density at radius 2 is 1.87 bits per heavy atom. The van der Waals surface area contributed by atoms with Gasteiger partial charge in [0.2, 0.25) is 11.8 Å². The van der Waals surface area contributed by atoms with Gasteiger partial charge in [-0.05, 0) is 12.8 Å². The molecule has 0 radical (unpaired) electrons. The van der Waals surface area contributed by atoms with E-state index in [1.54, 1.807) is 0 Å². The maximum absolute atomic E-state index is 11.7. The number of hydrogen-bond donors (Lipinski definition) is 2. The second kappa shape index (κ2) is 3.62. The van der Waals surface area contributed by atoms with Crippen molar-refractivity contribution in [2.45, 2.75) is 19.3 Å². The number of hydrogen-bond acceptors (Lipinski definition) is 4. The summed E-state index contributed by atoms with van der Waals surface area (Å²) < 4.78 is 0. The van der Waals surface area contributed by atoms with Crippen LogP contribution in [0.4, 0.5) is 0 Å². The van der Waals surface area contributed by atoms with E-state index in [-0.39, 0.29) is 30.2 Å². The molecule has 6 nitrogen and oxygen atoms in total. The smallest absolute Gasteiger partial charge is 0.254 e. The minimum atomic E-state index is -0.517. The van der Waals surface area contributed by atoms with Crippen molar-refractivity contribution in [3.05, 3.63) is 0 Å². The van der Waals surface area contributed by atoms with Crippen molar-refractivity contribution in [1.82, 2.24) is 10.3 Å². The summed E-state index contributed by atoms with van der Waals surface area (Å²) >= 11 is 0. The van der Waals surface area contributed by atoms with E-state index in [2.05, 4.69) is 0 Å². The van der Waals surface area contributed by atoms with Gasteiger partial charge < -0.3 is 0 Å². The zero-order valence-corrected chi connectivity index (χ0v) is 8.23. The molecule has 1 heterocycles. The summed E-state index contributed by atoms with van der Waals surface area (Å²) in [4.78, 5) is 35.5. The average Bonchev–Trinajstić information content (AvgIpc) is 2.78. The van der Waals surface area contributed by atoms with Crippen LogP contribution >= 0.6 is 0 Å². The highest BCUT2D eigenvalue weighted by molar-refractivity contribution is 6.07. The molecule has 1 aliphatic heterocycles. The highest BCUT2D eigenvalue weighted by atomic mass is 16.2. The minimum Gasteiger partial charge on any atom is -0.293 e. The average molecular weight is 211 g/mol. The molecule has 0 aromatic carbocycles. The number of nitrogens with one attached hydrogen (secondary N) is 1. The molecule has 3 amide bonds. The zero-order chi connectivity index (χ0) is 11.0. The highest BCUT2D eigenvalue weighted by Crippen LogP contribution is 2.39. The van der Waals surface area contributed by atoms with E-state index in [1.807, 2.05) is 5.43 Å². The van der Waals surface area contributed by atoms with Crippen LogP contribution in [0.2, 0.25) is 0 Å². The first-order chi connectivity index (χ1) is 7.15. The van der Waals surface area contributed by atoms with Crippen LogP contribution in [-0.2, 0) is 14.4 Å². The monoisotopic (exact) mass is 211 g/mol. The summed E-state index contributed by atoms with van der Waals surface area (Å²) in [6.45, 7) is -0.249. The third-order valence-corrected chi connectivity index (χ3v) is 3.15. The Balaban J connectivity index is 2.11. The molecule has 0 spiro atoms. The van der Waals surface area contributed by atoms with E-state index >= 15 is 0 Å². The van der Waals surface area contributed by atoms with Crippen LogP contribution < -0.4 is 11.3 Å². The van der Waals surface area contributed by atoms with Crippen LogP contribution in [0.3, 0.4) is 0 Å². The number of amides is 3. The Kier molecular flexibility index (Phi) is 2.44. The molecule has 2 unspecified atom stereocenters. The third kappa shape index (κ3) is 1.50. The molecule has 0 bridgehead atoms. The lowest BCUT2D eigenvalue weighted by Crippen LogP contribution is -2.43. The highest BCUT2D eigenvalue weighted by Gasteiger charge is 2.49. The molecule has 1 saturated heterocycles. The number of nitrogens with zero attached hydrogens (tertiary/aromatic N) is 1. The van der Waals surface area contributed by atoms with Crippen LogP contribution in [0, 0.1) is 11.8 Å². The Morgan fingerprint density at radius 1 is 1.33 bits per heavy atom. The molecule has 0 aromatic heterocycles. The van der Waals surface area contributed by atoms with Gasteiger partial charge in [0.1, 0.15) is 6.54 Å². The van der Waals surface area contributed by atoms with Crippen molar-refractivity contribution in [1.29, 1.82) is 0 Å². The summed E-state index contributed by atoms with van der Waals surface area (Å²) in [7, 11) is 0. The third-order valence-electron chi connectivity index (χ3n) is 3.15. The van der Waals surface area contributed by atoms with Gasteiger partial charge in [-0.25, -0.2) is 5.84 Å². The Bertz CT molecular complexity index is 307. The normalized spacial score (nSPS) is 29.5. The SMILES string of the molecule is NNC(=O)CN1C(=O)C2CCCC2C1=O. The van der Waals surface area contributed by atoms with Gasteiger partial charge in [-0.2, -0.15) is 0 Å². The minimum absolute atomic E-state index is 0.192. The van der Waals surface area contributed by atoms with Crippen molar-refractivity contribution in [2.24, 2.45) is 17.7 Å². The van der Waals surface area contributed by atoms with E-state index in [4.69, 9.17) is 5.84 Å². The van der Waals surface area contributed by atoms with E-state index in [1.165, 1.54) is 0 Å². The number of likely N-dealkylation sites (tertiary alicyclic amines) is 1. The second-order valence-electron chi connectivity index (χ2n) is 3.97. The number of rotatable bonds is 2. The van der Waals surface area contributed by atoms with E-state index < -0.39 is 5.91 Å². The van der Waals surface area contributed by atoms with Crippen molar-refractivity contribution in [3.8, 4) is 0 Å². The Labute approximate surface area is 86.8 Å². The molecule has 1 aliphatic carbocycles. The number of carbonyl (C=O) groups excluding carboxylic acids is 3. The molecular weight excluding hydrogens is 198 g/mol. The summed E-state index contributed by atoms with van der Waals surface area (Å²) in [5.41, 5.74) is 1.91. The lowest BCUT2D eigenvalue weighted by Gasteiger charge is -2.13. The second-order valence-corrected chi connectivity index (χ2v) is 3.97. The fraction of sp³-hybridized carbons (Fsp3) is 0.667. The first-order valence-corrected chi connectivity index (χ1v) is 5.00. The first kappa shape index (κ1) is 10.1. The van der Waals surface area contributed by atoms with Crippen molar-refractivity contribution in [2.75, 3.05) is 6.54 Å². The molecule has 3 N–H and O–H groups in total. The molecule has 2 fully saturated rings. The maximum atomic E-state index is 11.7. The summed E-state index contributed by atoms with van der Waals surface area (Å²) in [6.07, 6.45) is 2.44. The van der Waals surface area contributed by atoms with Crippen LogP contribution in [0.5, 0.6) is 0 Å². The predicted octanol–water partition coefficient (Wildman–Crippen LogP) is -1.24. The molecule has 1 saturated carbocycles. The van der Waals surface area contributed by atoms with E-state index in [0.29, 0.717) is 0 Å². The van der Waals surface area contributed by atoms with Gasteiger partial charge in [0, 0.05) is 0 Å². The summed E-state index contributed by atoms with van der Waals surface area (Å²) in [5, 5.41) is 0. The maximum Gasteiger partial charge on any atom is 0.254 e. The van der Waals surface area contributed by atoms with Crippen molar-refractivity contribution in [3.63, 3.8) is 0 Å². The Hall–Kier alpha value is -1.43. The molecule has 2 rings (SSSR count). The number of carbonyl (C=O) groups is 3. The Morgan fingerprint density at radius 3 is 2.33 bits per heavy atom. The standard InChI is InChI=1S/C9H13N3O3/c10-11-7(13)4-12-8(14)5-2-1-3-6(5)9(12)15/h5-6H,1-4,10H2,(H,11,13). The predicted molar refractivity (Wildman–Crippen MR) is 49.9 cm³/mol. The molecule has 6 heteroatoms. The quantitative estimate of drug-likeness (QED) is 0.258. The number of imide groups is 1. The number of nitrogens with two attached hydrogens (primary N) is 1. The van der Waals surface area contributed by atoms with Crippen molar-refractivity contribution < 1.29 is 14.4 Å². The molecule has 82 valence electrons. The van der Waals surface area contributed by atoms with Crippen LogP contribution in [0.15, 0.2) is 0 Å². The van der Waals surface area contributed by atoms with Gasteiger partial charge in [-0.15, -0.1) is 0 Å². The lowest BCUT2D eigenvalue weighted by atomic mass is 10.00. The summed E-state index contributed by atoms with van der Waals surface area (Å²) in [6, 6.07) is 0. The van der Waals surface area contributed by atoms with Gasteiger partial charge in [0.05, 0.1) is 11.8 Å².